The summed E-state index contributed by atoms with van der Waals surface area (Å²) in [6.45, 7) is 7.45. The minimum absolute atomic E-state index is 0.177. The number of nitrogens with zero attached hydrogens (tertiary/aromatic N) is 4. The van der Waals surface area contributed by atoms with Crippen LogP contribution in [0.5, 0.6) is 0 Å². The smallest absolute Gasteiger partial charge is 0.269 e. The van der Waals surface area contributed by atoms with Crippen molar-refractivity contribution in [2.45, 2.75) is 33.4 Å². The third-order valence-corrected chi connectivity index (χ3v) is 2.33. The quantitative estimate of drug-likeness (QED) is 0.748. The van der Waals surface area contributed by atoms with E-state index in [0.29, 0.717) is 11.5 Å². The normalized spacial score (nSPS) is 16.3. The van der Waals surface area contributed by atoms with Crippen molar-refractivity contribution in [3.63, 3.8) is 0 Å². The van der Waals surface area contributed by atoms with Crippen molar-refractivity contribution in [1.29, 1.82) is 0 Å². The molecule has 0 radical (unpaired) electrons. The number of anilines is 1. The molecule has 0 unspecified atom stereocenters. The van der Waals surface area contributed by atoms with Gasteiger partial charge in [0.15, 0.2) is 11.5 Å². The molecule has 1 aliphatic heterocycles. The number of amides is 1. The van der Waals surface area contributed by atoms with Gasteiger partial charge in [-0.3, -0.25) is 4.79 Å². The van der Waals surface area contributed by atoms with Crippen molar-refractivity contribution in [3.05, 3.63) is 12.0 Å². The van der Waals surface area contributed by atoms with Crippen LogP contribution >= 0.6 is 0 Å². The maximum absolute atomic E-state index is 11.4. The van der Waals surface area contributed by atoms with Gasteiger partial charge >= 0.3 is 0 Å². The number of hydrogen-bond acceptors (Lipinski definition) is 5. The lowest BCUT2D eigenvalue weighted by Gasteiger charge is -2.28. The lowest BCUT2D eigenvalue weighted by molar-refractivity contribution is -0.112. The van der Waals surface area contributed by atoms with Gasteiger partial charge in [-0.2, -0.15) is 5.10 Å². The summed E-state index contributed by atoms with van der Waals surface area (Å²) in [5.41, 5.74) is 6.20. The van der Waals surface area contributed by atoms with E-state index in [1.165, 1.54) is 6.33 Å². The second kappa shape index (κ2) is 3.94. The molecule has 1 aromatic heterocycles. The van der Waals surface area contributed by atoms with Crippen LogP contribution in [0.4, 0.5) is 5.82 Å². The Morgan fingerprint density at radius 1 is 1.50 bits per heavy atom. The molecule has 0 spiro atoms. The molecule has 1 aromatic rings. The van der Waals surface area contributed by atoms with Gasteiger partial charge in [0.05, 0.1) is 0 Å². The van der Waals surface area contributed by atoms with E-state index in [1.807, 2.05) is 27.7 Å². The molecule has 7 nitrogen and oxygen atoms in total. The maximum atomic E-state index is 11.4. The molecule has 1 aliphatic rings. The van der Waals surface area contributed by atoms with Crippen LogP contribution in [-0.2, 0) is 4.79 Å². The van der Waals surface area contributed by atoms with Crippen molar-refractivity contribution >= 4 is 23.1 Å². The van der Waals surface area contributed by atoms with Crippen LogP contribution < -0.4 is 11.1 Å². The van der Waals surface area contributed by atoms with Gasteiger partial charge < -0.3 is 11.1 Å². The summed E-state index contributed by atoms with van der Waals surface area (Å²) in [5.74, 6) is 0.0401. The van der Waals surface area contributed by atoms with E-state index in [-0.39, 0.29) is 5.71 Å². The molecule has 7 heteroatoms. The number of aromatic nitrogens is 2. The molecule has 0 bridgehead atoms. The lowest BCUT2D eigenvalue weighted by Crippen LogP contribution is -2.39. The molecule has 96 valence electrons. The standard InChI is InChI=1S/C11H16N6O/c1-6(2)16-17-5-13-8-7(9(12)18)14-11(3,4)15-10(8)17/h5,15H,1-4H3,(H2,12,18). The fourth-order valence-electron chi connectivity index (χ4n) is 1.74. The van der Waals surface area contributed by atoms with Crippen LogP contribution in [0.3, 0.4) is 0 Å². The zero-order valence-electron chi connectivity index (χ0n) is 10.9. The van der Waals surface area contributed by atoms with Gasteiger partial charge in [0.2, 0.25) is 0 Å². The highest BCUT2D eigenvalue weighted by molar-refractivity contribution is 6.45. The van der Waals surface area contributed by atoms with Crippen LogP contribution in [-0.4, -0.2) is 32.7 Å². The third-order valence-electron chi connectivity index (χ3n) is 2.33. The van der Waals surface area contributed by atoms with Crippen LogP contribution in [0.25, 0.3) is 0 Å². The number of nitrogens with two attached hydrogens (primary N) is 1. The van der Waals surface area contributed by atoms with E-state index in [2.05, 4.69) is 20.4 Å². The Kier molecular flexibility index (Phi) is 2.68. The Balaban J connectivity index is 2.59. The van der Waals surface area contributed by atoms with Crippen LogP contribution in [0, 0.1) is 0 Å². The van der Waals surface area contributed by atoms with Gasteiger partial charge in [-0.15, -0.1) is 0 Å². The topological polar surface area (TPSA) is 97.7 Å². The van der Waals surface area contributed by atoms with Crippen LogP contribution in [0.15, 0.2) is 16.4 Å². The number of rotatable bonds is 2. The average molecular weight is 248 g/mol. The SMILES string of the molecule is CC(C)=Nn1cnc2c1NC(C)(C)N=C2C(N)=O. The van der Waals surface area contributed by atoms with Gasteiger partial charge in [-0.05, 0) is 27.7 Å². The van der Waals surface area contributed by atoms with Crippen molar-refractivity contribution < 1.29 is 4.79 Å². The van der Waals surface area contributed by atoms with Crippen LogP contribution in [0.1, 0.15) is 33.4 Å². The molecular formula is C11H16N6O. The minimum Gasteiger partial charge on any atom is -0.364 e. The lowest BCUT2D eigenvalue weighted by atomic mass is 10.1. The zero-order chi connectivity index (χ0) is 13.5. The van der Waals surface area contributed by atoms with Crippen molar-refractivity contribution in [1.82, 2.24) is 9.66 Å². The fourth-order valence-corrected chi connectivity index (χ4v) is 1.74. The summed E-state index contributed by atoms with van der Waals surface area (Å²) in [7, 11) is 0. The van der Waals surface area contributed by atoms with Gasteiger partial charge in [0.1, 0.15) is 17.7 Å². The van der Waals surface area contributed by atoms with Gasteiger partial charge in [0, 0.05) is 5.71 Å². The zero-order valence-corrected chi connectivity index (χ0v) is 10.9. The van der Waals surface area contributed by atoms with E-state index < -0.39 is 11.6 Å². The number of hydrogen-bond donors (Lipinski definition) is 2. The summed E-state index contributed by atoms with van der Waals surface area (Å²) < 4.78 is 1.59. The molecule has 0 fully saturated rings. The summed E-state index contributed by atoms with van der Waals surface area (Å²) in [6, 6.07) is 0. The summed E-state index contributed by atoms with van der Waals surface area (Å²) in [6.07, 6.45) is 1.53. The van der Waals surface area contributed by atoms with E-state index in [0.717, 1.165) is 5.71 Å². The van der Waals surface area contributed by atoms with Crippen molar-refractivity contribution in [2.24, 2.45) is 15.8 Å². The number of fused-ring (bicyclic) bond motifs is 1. The van der Waals surface area contributed by atoms with E-state index in [9.17, 15) is 4.79 Å². The number of carbonyl (C=O) groups excluding carboxylic acids is 1. The van der Waals surface area contributed by atoms with E-state index in [1.54, 1.807) is 4.68 Å². The summed E-state index contributed by atoms with van der Waals surface area (Å²) in [5, 5.41) is 7.47. The number of nitrogens with one attached hydrogen (secondary N) is 1. The van der Waals surface area contributed by atoms with Gasteiger partial charge in [-0.25, -0.2) is 14.7 Å². The molecule has 0 saturated heterocycles. The summed E-state index contributed by atoms with van der Waals surface area (Å²) in [4.78, 5) is 19.8. The Morgan fingerprint density at radius 3 is 2.72 bits per heavy atom. The molecule has 3 N–H and O–H groups in total. The Bertz CT molecular complexity index is 562. The van der Waals surface area contributed by atoms with E-state index >= 15 is 0 Å². The second-order valence-electron chi connectivity index (χ2n) is 4.84. The van der Waals surface area contributed by atoms with E-state index in [4.69, 9.17) is 5.73 Å². The Morgan fingerprint density at radius 2 is 2.17 bits per heavy atom. The second-order valence-corrected chi connectivity index (χ2v) is 4.84. The molecule has 1 amide bonds. The molecule has 0 aromatic carbocycles. The predicted molar refractivity (Wildman–Crippen MR) is 69.8 cm³/mol. The first-order valence-corrected chi connectivity index (χ1v) is 5.58. The van der Waals surface area contributed by atoms with Crippen LogP contribution in [0.2, 0.25) is 0 Å². The fraction of sp³-hybridized carbons (Fsp3) is 0.455. The highest BCUT2D eigenvalue weighted by Crippen LogP contribution is 2.26. The molecule has 2 rings (SSSR count). The average Bonchev–Trinajstić information content (AvgIpc) is 2.58. The maximum Gasteiger partial charge on any atom is 0.269 e. The molecule has 0 atom stereocenters. The number of imidazole rings is 1. The predicted octanol–water partition coefficient (Wildman–Crippen LogP) is 0.563. The number of carbonyl (C=O) groups is 1. The molecule has 18 heavy (non-hydrogen) atoms. The Hall–Kier alpha value is -2.18. The number of primary amides is 1. The first-order valence-electron chi connectivity index (χ1n) is 5.58. The first-order chi connectivity index (χ1) is 8.30. The highest BCUT2D eigenvalue weighted by Gasteiger charge is 2.32. The molecule has 0 aliphatic carbocycles. The number of aliphatic imine (C=N–C) groups is 1. The highest BCUT2D eigenvalue weighted by atomic mass is 16.1. The summed E-state index contributed by atoms with van der Waals surface area (Å²) >= 11 is 0. The monoisotopic (exact) mass is 248 g/mol. The largest absolute Gasteiger partial charge is 0.364 e. The van der Waals surface area contributed by atoms with Crippen molar-refractivity contribution in [3.8, 4) is 0 Å². The first kappa shape index (κ1) is 12.3. The molecular weight excluding hydrogens is 232 g/mol. The molecule has 0 saturated carbocycles. The Labute approximate surface area is 105 Å². The van der Waals surface area contributed by atoms with Crippen molar-refractivity contribution in [2.75, 3.05) is 5.32 Å². The van der Waals surface area contributed by atoms with Gasteiger partial charge in [-0.1, -0.05) is 0 Å². The van der Waals surface area contributed by atoms with Gasteiger partial charge in [0.25, 0.3) is 5.91 Å². The minimum atomic E-state index is -0.619. The third kappa shape index (κ3) is 2.11. The molecule has 2 heterocycles.